The molecule has 1 atom stereocenters. The summed E-state index contributed by atoms with van der Waals surface area (Å²) in [5.41, 5.74) is 0. The molecule has 1 N–H and O–H groups in total. The first-order chi connectivity index (χ1) is 5.13. The van der Waals surface area contributed by atoms with E-state index in [2.05, 4.69) is 17.1 Å². The van der Waals surface area contributed by atoms with Gasteiger partial charge in [-0.25, -0.2) is 0 Å². The van der Waals surface area contributed by atoms with Gasteiger partial charge in [0.1, 0.15) is 0 Å². The van der Waals surface area contributed by atoms with E-state index in [1.54, 1.807) is 0 Å². The first-order valence-corrected chi connectivity index (χ1v) is 3.49. The Balaban J connectivity index is 0.000000218. The number of hydrogen-bond donors (Lipinski definition) is 1. The van der Waals surface area contributed by atoms with Crippen LogP contribution >= 0.6 is 9.24 Å². The molecular formula is C7H8BO2P. The lowest BCUT2D eigenvalue weighted by Gasteiger charge is -1.82. The van der Waals surface area contributed by atoms with Gasteiger partial charge < -0.3 is 5.11 Å². The Morgan fingerprint density at radius 2 is 1.73 bits per heavy atom. The van der Waals surface area contributed by atoms with Crippen LogP contribution in [0.1, 0.15) is 0 Å². The summed E-state index contributed by atoms with van der Waals surface area (Å²) in [6.45, 7) is 0. The van der Waals surface area contributed by atoms with Crippen molar-refractivity contribution in [3.05, 3.63) is 30.3 Å². The summed E-state index contributed by atoms with van der Waals surface area (Å²) in [6, 6.07) is 10.1. The van der Waals surface area contributed by atoms with E-state index in [4.69, 9.17) is 9.90 Å². The quantitative estimate of drug-likeness (QED) is 0.461. The van der Waals surface area contributed by atoms with Gasteiger partial charge in [-0.2, -0.15) is 0 Å². The predicted molar refractivity (Wildman–Crippen MR) is 49.6 cm³/mol. The van der Waals surface area contributed by atoms with Crippen LogP contribution in [0, 0.1) is 0 Å². The van der Waals surface area contributed by atoms with Gasteiger partial charge in [-0.05, 0) is 5.30 Å². The van der Waals surface area contributed by atoms with E-state index in [1.807, 2.05) is 30.3 Å². The summed E-state index contributed by atoms with van der Waals surface area (Å²) in [5, 5.41) is 8.43. The van der Waals surface area contributed by atoms with Gasteiger partial charge in [0.15, 0.2) is 0 Å². The van der Waals surface area contributed by atoms with Crippen LogP contribution in [0.5, 0.6) is 0 Å². The summed E-state index contributed by atoms with van der Waals surface area (Å²) in [5.74, 6) is -1.33. The Labute approximate surface area is 69.2 Å². The van der Waals surface area contributed by atoms with E-state index >= 15 is 0 Å². The molecule has 1 rings (SSSR count). The molecule has 0 fully saturated rings. The van der Waals surface area contributed by atoms with Crippen LogP contribution in [0.4, 0.5) is 4.79 Å². The largest absolute Gasteiger partial charge is 0.490 e. The van der Waals surface area contributed by atoms with E-state index in [-0.39, 0.29) is 0 Å². The highest BCUT2D eigenvalue weighted by Gasteiger charge is 1.72. The molecule has 0 aliphatic heterocycles. The molecule has 1 unspecified atom stereocenters. The van der Waals surface area contributed by atoms with Crippen LogP contribution in [-0.4, -0.2) is 18.8 Å². The van der Waals surface area contributed by atoms with Crippen LogP contribution in [0.15, 0.2) is 30.3 Å². The van der Waals surface area contributed by atoms with E-state index in [0.717, 1.165) is 0 Å². The van der Waals surface area contributed by atoms with Crippen molar-refractivity contribution in [2.75, 3.05) is 0 Å². The van der Waals surface area contributed by atoms with Gasteiger partial charge in [-0.1, -0.05) is 30.3 Å². The van der Waals surface area contributed by atoms with E-state index in [1.165, 1.54) is 5.30 Å². The van der Waals surface area contributed by atoms with E-state index in [9.17, 15) is 0 Å². The average molecular weight is 166 g/mol. The van der Waals surface area contributed by atoms with Crippen molar-refractivity contribution < 1.29 is 9.90 Å². The van der Waals surface area contributed by atoms with Gasteiger partial charge in [0.2, 0.25) is 13.7 Å². The molecule has 0 aliphatic rings. The van der Waals surface area contributed by atoms with Crippen molar-refractivity contribution in [3.8, 4) is 0 Å². The Morgan fingerprint density at radius 3 is 1.91 bits per heavy atom. The molecule has 0 bridgehead atoms. The molecule has 56 valence electrons. The monoisotopic (exact) mass is 166 g/mol. The Bertz CT molecular complexity index is 209. The Hall–Kier alpha value is -0.815. The van der Waals surface area contributed by atoms with Gasteiger partial charge >= 0.3 is 0 Å². The molecule has 2 nitrogen and oxygen atoms in total. The molecule has 1 aromatic carbocycles. The van der Waals surface area contributed by atoms with Crippen LogP contribution in [0.2, 0.25) is 0 Å². The average Bonchev–Trinajstić information content (AvgIpc) is 1.87. The zero-order valence-electron chi connectivity index (χ0n) is 5.90. The Kier molecular flexibility index (Phi) is 5.49. The number of hydrogen-bond acceptors (Lipinski definition) is 1. The molecule has 2 radical (unpaired) electrons. The highest BCUT2D eigenvalue weighted by atomic mass is 31.0. The van der Waals surface area contributed by atoms with Crippen LogP contribution in [0.3, 0.4) is 0 Å². The standard InChI is InChI=1S/C6H7P.CHBO2/c7-6-4-2-1-3-5-6;2-1(3)4/h1-5H,7H2;(H,3,4). The van der Waals surface area contributed by atoms with Gasteiger partial charge in [0.25, 0.3) is 0 Å². The highest BCUT2D eigenvalue weighted by Crippen LogP contribution is 1.86. The molecule has 0 heterocycles. The van der Waals surface area contributed by atoms with Crippen molar-refractivity contribution in [3.63, 3.8) is 0 Å². The lowest BCUT2D eigenvalue weighted by molar-refractivity contribution is 0.220. The molecule has 0 saturated carbocycles. The SMILES string of the molecule is Pc1ccccc1.[B]C(=O)O. The minimum Gasteiger partial charge on any atom is -0.490 e. The number of carboxylic acid groups (broad SMARTS) is 1. The lowest BCUT2D eigenvalue weighted by Crippen LogP contribution is -1.83. The maximum absolute atomic E-state index is 8.78. The third-order valence-electron chi connectivity index (χ3n) is 0.800. The summed E-state index contributed by atoms with van der Waals surface area (Å²) >= 11 is 0. The fourth-order valence-corrected chi connectivity index (χ4v) is 0.675. The molecule has 0 aliphatic carbocycles. The first kappa shape index (κ1) is 10.2. The second-order valence-electron chi connectivity index (χ2n) is 1.75. The minimum atomic E-state index is -1.33. The summed E-state index contributed by atoms with van der Waals surface area (Å²) in [4.78, 5) is 8.78. The molecule has 0 spiro atoms. The van der Waals surface area contributed by atoms with Crippen LogP contribution < -0.4 is 5.30 Å². The number of benzene rings is 1. The summed E-state index contributed by atoms with van der Waals surface area (Å²) in [7, 11) is 6.66. The second kappa shape index (κ2) is 5.93. The topological polar surface area (TPSA) is 37.3 Å². The van der Waals surface area contributed by atoms with Crippen molar-refractivity contribution in [2.24, 2.45) is 0 Å². The molecule has 1 aromatic rings. The van der Waals surface area contributed by atoms with Gasteiger partial charge in [0.05, 0.1) is 0 Å². The van der Waals surface area contributed by atoms with Gasteiger partial charge in [-0.15, -0.1) is 9.24 Å². The van der Waals surface area contributed by atoms with Crippen LogP contribution in [-0.2, 0) is 0 Å². The lowest BCUT2D eigenvalue weighted by atomic mass is 10.2. The number of rotatable bonds is 0. The predicted octanol–water partition coefficient (Wildman–Crippen LogP) is 1.02. The van der Waals surface area contributed by atoms with Crippen molar-refractivity contribution in [2.45, 2.75) is 0 Å². The fourth-order valence-electron chi connectivity index (χ4n) is 0.453. The molecular weight excluding hydrogens is 158 g/mol. The highest BCUT2D eigenvalue weighted by molar-refractivity contribution is 7.27. The summed E-state index contributed by atoms with van der Waals surface area (Å²) < 4.78 is 0. The Morgan fingerprint density at radius 1 is 1.36 bits per heavy atom. The molecule has 0 aromatic heterocycles. The van der Waals surface area contributed by atoms with E-state index < -0.39 is 5.87 Å². The van der Waals surface area contributed by atoms with E-state index in [0.29, 0.717) is 0 Å². The maximum atomic E-state index is 8.78. The zero-order valence-corrected chi connectivity index (χ0v) is 7.05. The molecule has 4 heteroatoms. The van der Waals surface area contributed by atoms with Crippen molar-refractivity contribution in [1.82, 2.24) is 0 Å². The van der Waals surface area contributed by atoms with Crippen molar-refractivity contribution in [1.29, 1.82) is 0 Å². The smallest absolute Gasteiger partial charge is 0.233 e. The first-order valence-electron chi connectivity index (χ1n) is 2.92. The fraction of sp³-hybridized carbons (Fsp3) is 0. The van der Waals surface area contributed by atoms with Crippen LogP contribution in [0.25, 0.3) is 0 Å². The number of carbonyl (C=O) groups is 1. The summed E-state index contributed by atoms with van der Waals surface area (Å²) in [6.07, 6.45) is 0. The zero-order chi connectivity index (χ0) is 8.69. The second-order valence-corrected chi connectivity index (χ2v) is 2.42. The maximum Gasteiger partial charge on any atom is 0.233 e. The third kappa shape index (κ3) is 9.18. The van der Waals surface area contributed by atoms with Gasteiger partial charge in [-0.3, -0.25) is 4.79 Å². The molecule has 11 heavy (non-hydrogen) atoms. The van der Waals surface area contributed by atoms with Crippen molar-refractivity contribution >= 4 is 28.3 Å². The third-order valence-corrected chi connectivity index (χ3v) is 1.18. The molecule has 0 saturated heterocycles. The van der Waals surface area contributed by atoms with Gasteiger partial charge in [0, 0.05) is 0 Å². The minimum absolute atomic E-state index is 1.24. The molecule has 0 amide bonds. The normalized spacial score (nSPS) is 7.73.